The van der Waals surface area contributed by atoms with Crippen molar-refractivity contribution in [3.05, 3.63) is 58.6 Å². The van der Waals surface area contributed by atoms with Crippen LogP contribution in [0.15, 0.2) is 52.7 Å². The highest BCUT2D eigenvalue weighted by molar-refractivity contribution is 5.98. The molecule has 0 fully saturated rings. The molecule has 3 aromatic rings. The highest BCUT2D eigenvalue weighted by Crippen LogP contribution is 2.10. The Kier molecular flexibility index (Phi) is 5.10. The number of ether oxygens (including phenoxy) is 1. The Morgan fingerprint density at radius 2 is 2.12 bits per heavy atom. The van der Waals surface area contributed by atoms with E-state index in [2.05, 4.69) is 15.1 Å². The van der Waals surface area contributed by atoms with Crippen LogP contribution in [0.3, 0.4) is 0 Å². The number of imidazole rings is 1. The Bertz CT molecular complexity index is 930. The number of nitrogens with zero attached hydrogens (tertiary/aromatic N) is 3. The van der Waals surface area contributed by atoms with E-state index in [1.54, 1.807) is 10.6 Å². The number of benzene rings is 1. The summed E-state index contributed by atoms with van der Waals surface area (Å²) in [5.41, 5.74) is 8.10. The number of pyridine rings is 1. The molecule has 0 aliphatic carbocycles. The van der Waals surface area contributed by atoms with Gasteiger partial charge in [0.15, 0.2) is 5.52 Å². The number of aromatic nitrogens is 3. The normalized spacial score (nSPS) is 11.8. The molecule has 0 amide bonds. The number of nitrogens with one attached hydrogen (secondary N) is 1. The summed E-state index contributed by atoms with van der Waals surface area (Å²) in [7, 11) is 0. The van der Waals surface area contributed by atoms with Crippen LogP contribution in [0.4, 0.5) is 5.82 Å². The number of rotatable bonds is 7. The average molecular weight is 341 g/mol. The average Bonchev–Trinajstić information content (AvgIpc) is 3.01. The molecule has 0 unspecified atom stereocenters. The molecule has 0 aliphatic heterocycles. The van der Waals surface area contributed by atoms with Crippen molar-refractivity contribution >= 4 is 22.6 Å². The summed E-state index contributed by atoms with van der Waals surface area (Å²) in [5, 5.41) is 4.06. The fourth-order valence-corrected chi connectivity index (χ4v) is 2.33. The molecule has 0 saturated heterocycles. The van der Waals surface area contributed by atoms with Gasteiger partial charge in [-0.3, -0.25) is 4.79 Å². The van der Waals surface area contributed by atoms with E-state index in [0.29, 0.717) is 24.2 Å². The van der Waals surface area contributed by atoms with Gasteiger partial charge in [-0.25, -0.2) is 4.98 Å². The maximum atomic E-state index is 11.7. The zero-order valence-electron chi connectivity index (χ0n) is 13.8. The summed E-state index contributed by atoms with van der Waals surface area (Å²) >= 11 is 0. The van der Waals surface area contributed by atoms with Crippen LogP contribution in [0.2, 0.25) is 0 Å². The number of nitrogen functional groups attached to an aromatic ring is 1. The second kappa shape index (κ2) is 7.63. The molecule has 1 aromatic carbocycles. The molecule has 0 saturated carbocycles. The van der Waals surface area contributed by atoms with Gasteiger partial charge in [-0.15, -0.1) is 0 Å². The molecule has 0 bridgehead atoms. The molecule has 3 N–H and O–H groups in total. The van der Waals surface area contributed by atoms with Crippen LogP contribution in [0.5, 0.6) is 0 Å². The van der Waals surface area contributed by atoms with Crippen molar-refractivity contribution in [2.45, 2.75) is 13.7 Å². The summed E-state index contributed by atoms with van der Waals surface area (Å²) in [6.45, 7) is 2.79. The van der Waals surface area contributed by atoms with Gasteiger partial charge in [0.2, 0.25) is 0 Å². The smallest absolute Gasteiger partial charge is 0.277 e. The van der Waals surface area contributed by atoms with Crippen LogP contribution in [-0.2, 0) is 16.3 Å². The number of aromatic amines is 1. The first kappa shape index (κ1) is 16.7. The van der Waals surface area contributed by atoms with Crippen LogP contribution in [-0.4, -0.2) is 33.5 Å². The Morgan fingerprint density at radius 3 is 2.92 bits per heavy atom. The Balaban J connectivity index is 1.49. The van der Waals surface area contributed by atoms with E-state index in [1.165, 1.54) is 6.33 Å². The highest BCUT2D eigenvalue weighted by Gasteiger charge is 2.07. The van der Waals surface area contributed by atoms with Gasteiger partial charge in [0.05, 0.1) is 24.2 Å². The summed E-state index contributed by atoms with van der Waals surface area (Å²) in [6.07, 6.45) is 1.54. The molecule has 0 atom stereocenters. The van der Waals surface area contributed by atoms with Crippen molar-refractivity contribution in [3.8, 4) is 0 Å². The number of hydrogen-bond donors (Lipinski definition) is 2. The summed E-state index contributed by atoms with van der Waals surface area (Å²) in [4.78, 5) is 23.5. The Hall–Kier alpha value is -3.13. The third kappa shape index (κ3) is 4.04. The first-order valence-corrected chi connectivity index (χ1v) is 7.78. The SMILES string of the molecule is C/C(=N\OCCOCn1cnc2c(=O)[nH]c(N)cc21)c1ccccc1. The number of H-pyrrole nitrogens is 1. The summed E-state index contributed by atoms with van der Waals surface area (Å²) in [6, 6.07) is 11.4. The molecule has 0 aliphatic rings. The van der Waals surface area contributed by atoms with E-state index in [4.69, 9.17) is 15.3 Å². The number of nitrogens with two attached hydrogens (primary N) is 1. The molecule has 25 heavy (non-hydrogen) atoms. The molecule has 2 aromatic heterocycles. The van der Waals surface area contributed by atoms with Gasteiger partial charge in [0.25, 0.3) is 5.56 Å². The van der Waals surface area contributed by atoms with Gasteiger partial charge < -0.3 is 24.9 Å². The van der Waals surface area contributed by atoms with Crippen molar-refractivity contribution < 1.29 is 9.57 Å². The quantitative estimate of drug-likeness (QED) is 0.386. The second-order valence-electron chi connectivity index (χ2n) is 5.42. The van der Waals surface area contributed by atoms with Crippen LogP contribution in [0.25, 0.3) is 11.0 Å². The predicted octanol–water partition coefficient (Wildman–Crippen LogP) is 1.72. The molecule has 0 spiro atoms. The fraction of sp³-hybridized carbons (Fsp3) is 0.235. The number of oxime groups is 1. The molecule has 8 heteroatoms. The van der Waals surface area contributed by atoms with Gasteiger partial charge >= 0.3 is 0 Å². The van der Waals surface area contributed by atoms with Crippen molar-refractivity contribution in [1.29, 1.82) is 0 Å². The Morgan fingerprint density at radius 1 is 1.32 bits per heavy atom. The standard InChI is InChI=1S/C17H19N5O3/c1-12(13-5-3-2-4-6-13)21-25-8-7-24-11-22-10-19-16-14(22)9-15(18)20-17(16)23/h2-6,9-10H,7-8,11H2,1H3,(H3,18,20,23)/b21-12+. The lowest BCUT2D eigenvalue weighted by molar-refractivity contribution is 0.0220. The maximum Gasteiger partial charge on any atom is 0.277 e. The van der Waals surface area contributed by atoms with Crippen molar-refractivity contribution in [2.24, 2.45) is 5.16 Å². The fourth-order valence-electron chi connectivity index (χ4n) is 2.33. The maximum absolute atomic E-state index is 11.7. The molecule has 8 nitrogen and oxygen atoms in total. The van der Waals surface area contributed by atoms with Gasteiger partial charge in [-0.2, -0.15) is 0 Å². The van der Waals surface area contributed by atoms with E-state index in [9.17, 15) is 4.79 Å². The molecule has 0 radical (unpaired) electrons. The zero-order chi connectivity index (χ0) is 17.6. The second-order valence-corrected chi connectivity index (χ2v) is 5.42. The first-order chi connectivity index (χ1) is 12.1. The van der Waals surface area contributed by atoms with Gasteiger partial charge in [0.1, 0.15) is 19.2 Å². The van der Waals surface area contributed by atoms with E-state index in [-0.39, 0.29) is 18.1 Å². The van der Waals surface area contributed by atoms with Crippen molar-refractivity contribution in [3.63, 3.8) is 0 Å². The van der Waals surface area contributed by atoms with E-state index < -0.39 is 0 Å². The summed E-state index contributed by atoms with van der Waals surface area (Å²) in [5.74, 6) is 0.285. The van der Waals surface area contributed by atoms with Crippen LogP contribution in [0.1, 0.15) is 12.5 Å². The lowest BCUT2D eigenvalue weighted by Crippen LogP contribution is -2.11. The number of anilines is 1. The Labute approximate surface area is 143 Å². The lowest BCUT2D eigenvalue weighted by atomic mass is 10.1. The highest BCUT2D eigenvalue weighted by atomic mass is 16.6. The van der Waals surface area contributed by atoms with Gasteiger partial charge in [-0.1, -0.05) is 35.5 Å². The van der Waals surface area contributed by atoms with E-state index in [0.717, 1.165) is 11.3 Å². The molecule has 130 valence electrons. The van der Waals surface area contributed by atoms with E-state index in [1.807, 2.05) is 37.3 Å². The van der Waals surface area contributed by atoms with Crippen LogP contribution < -0.4 is 11.3 Å². The van der Waals surface area contributed by atoms with Crippen LogP contribution >= 0.6 is 0 Å². The molecule has 2 heterocycles. The van der Waals surface area contributed by atoms with E-state index >= 15 is 0 Å². The number of hydrogen-bond acceptors (Lipinski definition) is 6. The largest absolute Gasteiger partial charge is 0.393 e. The molecule has 3 rings (SSSR count). The monoisotopic (exact) mass is 341 g/mol. The zero-order valence-corrected chi connectivity index (χ0v) is 13.8. The van der Waals surface area contributed by atoms with Gasteiger partial charge in [-0.05, 0) is 12.5 Å². The van der Waals surface area contributed by atoms with Crippen molar-refractivity contribution in [1.82, 2.24) is 14.5 Å². The minimum absolute atomic E-state index is 0.240. The minimum atomic E-state index is -0.317. The molecular weight excluding hydrogens is 322 g/mol. The topological polar surface area (TPSA) is 108 Å². The van der Waals surface area contributed by atoms with Gasteiger partial charge in [0, 0.05) is 6.07 Å². The van der Waals surface area contributed by atoms with Crippen molar-refractivity contribution in [2.75, 3.05) is 18.9 Å². The third-order valence-corrected chi connectivity index (χ3v) is 3.59. The number of fused-ring (bicyclic) bond motifs is 1. The minimum Gasteiger partial charge on any atom is -0.393 e. The summed E-state index contributed by atoms with van der Waals surface area (Å²) < 4.78 is 7.24. The third-order valence-electron chi connectivity index (χ3n) is 3.59. The predicted molar refractivity (Wildman–Crippen MR) is 95.3 cm³/mol. The lowest BCUT2D eigenvalue weighted by Gasteiger charge is -2.06. The molecular formula is C17H19N5O3. The van der Waals surface area contributed by atoms with Crippen LogP contribution in [0, 0.1) is 0 Å². The first-order valence-electron chi connectivity index (χ1n) is 7.78.